The Hall–Kier alpha value is -2.81. The molecule has 0 fully saturated rings. The van der Waals surface area contributed by atoms with Crippen molar-refractivity contribution in [2.75, 3.05) is 5.32 Å². The van der Waals surface area contributed by atoms with Crippen LogP contribution in [0.1, 0.15) is 22.8 Å². The molecule has 0 atom stereocenters. The van der Waals surface area contributed by atoms with Crippen LogP contribution in [0.5, 0.6) is 5.75 Å². The number of aryl methyl sites for hydroxylation is 1. The van der Waals surface area contributed by atoms with Crippen molar-refractivity contribution in [3.8, 4) is 5.75 Å². The van der Waals surface area contributed by atoms with E-state index in [1.807, 2.05) is 0 Å². The molecule has 1 aromatic heterocycles. The summed E-state index contributed by atoms with van der Waals surface area (Å²) in [6.07, 6.45) is 1.06. The van der Waals surface area contributed by atoms with Crippen molar-refractivity contribution < 1.29 is 19.2 Å². The first-order valence-corrected chi connectivity index (χ1v) is 6.89. The molecule has 0 spiro atoms. The second-order valence-electron chi connectivity index (χ2n) is 4.26. The van der Waals surface area contributed by atoms with Crippen molar-refractivity contribution in [3.05, 3.63) is 45.6 Å². The predicted molar refractivity (Wildman–Crippen MR) is 79.2 cm³/mol. The molecule has 0 saturated heterocycles. The molecule has 114 valence electrons. The summed E-state index contributed by atoms with van der Waals surface area (Å²) >= 11 is 0.740. The summed E-state index contributed by atoms with van der Waals surface area (Å²) in [5.41, 5.74) is 0.776. The van der Waals surface area contributed by atoms with Crippen molar-refractivity contribution in [2.24, 2.45) is 0 Å². The zero-order chi connectivity index (χ0) is 16.3. The fourth-order valence-electron chi connectivity index (χ4n) is 1.74. The van der Waals surface area contributed by atoms with E-state index < -0.39 is 16.8 Å². The van der Waals surface area contributed by atoms with Crippen LogP contribution in [0.15, 0.2) is 24.4 Å². The van der Waals surface area contributed by atoms with Gasteiger partial charge in [0.1, 0.15) is 11.9 Å². The third-order valence-electron chi connectivity index (χ3n) is 2.61. The number of hydrogen-bond acceptors (Lipinski definition) is 7. The maximum absolute atomic E-state index is 12.3. The molecule has 8 nitrogen and oxygen atoms in total. The fourth-order valence-corrected chi connectivity index (χ4v) is 2.37. The van der Waals surface area contributed by atoms with Gasteiger partial charge in [-0.1, -0.05) is 12.1 Å². The van der Waals surface area contributed by atoms with Crippen LogP contribution in [0, 0.1) is 17.0 Å². The van der Waals surface area contributed by atoms with Gasteiger partial charge in [0.15, 0.2) is 5.13 Å². The Morgan fingerprint density at radius 2 is 2.14 bits per heavy atom. The molecule has 0 aliphatic heterocycles. The Balaban J connectivity index is 2.28. The normalized spacial score (nSPS) is 10.1. The number of ether oxygens (including phenoxy) is 1. The van der Waals surface area contributed by atoms with E-state index in [1.54, 1.807) is 19.1 Å². The number of rotatable bonds is 4. The topological polar surface area (TPSA) is 111 Å². The first-order valence-electron chi connectivity index (χ1n) is 6.08. The van der Waals surface area contributed by atoms with Gasteiger partial charge >= 0.3 is 11.0 Å². The fraction of sp³-hybridized carbons (Fsp3) is 0.154. The second kappa shape index (κ2) is 6.31. The van der Waals surface area contributed by atoms with Gasteiger partial charge in [0.2, 0.25) is 0 Å². The Bertz CT molecular complexity index is 756. The molecule has 2 aromatic rings. The van der Waals surface area contributed by atoms with Crippen molar-refractivity contribution in [3.63, 3.8) is 0 Å². The number of nitrogens with zero attached hydrogens (tertiary/aromatic N) is 2. The highest BCUT2D eigenvalue weighted by molar-refractivity contribution is 7.18. The number of thiazole rings is 1. The van der Waals surface area contributed by atoms with E-state index in [2.05, 4.69) is 10.3 Å². The number of amides is 1. The van der Waals surface area contributed by atoms with Gasteiger partial charge in [0, 0.05) is 6.92 Å². The van der Waals surface area contributed by atoms with Crippen molar-refractivity contribution in [1.29, 1.82) is 0 Å². The van der Waals surface area contributed by atoms with Gasteiger partial charge in [0.05, 0.1) is 10.5 Å². The third kappa shape index (κ3) is 3.44. The zero-order valence-corrected chi connectivity index (χ0v) is 12.5. The highest BCUT2D eigenvalue weighted by Gasteiger charge is 2.19. The van der Waals surface area contributed by atoms with Crippen LogP contribution in [0.3, 0.4) is 0 Å². The van der Waals surface area contributed by atoms with Crippen LogP contribution in [0.2, 0.25) is 0 Å². The average Bonchev–Trinajstić information content (AvgIpc) is 2.86. The van der Waals surface area contributed by atoms with Crippen molar-refractivity contribution in [2.45, 2.75) is 13.8 Å². The number of hydrogen-bond donors (Lipinski definition) is 1. The Kier molecular flexibility index (Phi) is 4.47. The molecule has 0 bridgehead atoms. The van der Waals surface area contributed by atoms with Crippen LogP contribution in [0.4, 0.5) is 10.1 Å². The summed E-state index contributed by atoms with van der Waals surface area (Å²) in [4.78, 5) is 37.2. The Morgan fingerprint density at radius 3 is 2.73 bits per heavy atom. The van der Waals surface area contributed by atoms with E-state index in [-0.39, 0.29) is 21.4 Å². The molecule has 1 amide bonds. The van der Waals surface area contributed by atoms with Crippen LogP contribution >= 0.6 is 11.3 Å². The lowest BCUT2D eigenvalue weighted by Gasteiger charge is -2.10. The van der Waals surface area contributed by atoms with E-state index in [4.69, 9.17) is 4.74 Å². The summed E-state index contributed by atoms with van der Waals surface area (Å²) in [5.74, 6) is -0.987. The summed E-state index contributed by atoms with van der Waals surface area (Å²) in [7, 11) is 0. The van der Waals surface area contributed by atoms with Crippen LogP contribution in [0.25, 0.3) is 0 Å². The number of aromatic nitrogens is 1. The quantitative estimate of drug-likeness (QED) is 0.401. The Morgan fingerprint density at radius 1 is 1.41 bits per heavy atom. The largest absolute Gasteiger partial charge is 0.426 e. The second-order valence-corrected chi connectivity index (χ2v) is 5.27. The highest BCUT2D eigenvalue weighted by Crippen LogP contribution is 2.27. The minimum atomic E-state index is -0.592. The molecule has 1 N–H and O–H groups in total. The maximum atomic E-state index is 12.3. The van der Waals surface area contributed by atoms with Gasteiger partial charge in [-0.15, -0.1) is 0 Å². The summed E-state index contributed by atoms with van der Waals surface area (Å²) in [6, 6.07) is 4.83. The molecule has 0 aliphatic rings. The lowest BCUT2D eigenvalue weighted by Crippen LogP contribution is -2.16. The summed E-state index contributed by atoms with van der Waals surface area (Å²) in [5, 5.41) is 13.0. The molecular weight excluding hydrogens is 310 g/mol. The molecule has 0 aliphatic carbocycles. The number of benzene rings is 1. The van der Waals surface area contributed by atoms with Gasteiger partial charge in [-0.3, -0.25) is 25.0 Å². The zero-order valence-electron chi connectivity index (χ0n) is 11.7. The van der Waals surface area contributed by atoms with Gasteiger partial charge in [-0.25, -0.2) is 4.98 Å². The smallest absolute Gasteiger partial charge is 0.345 e. The maximum Gasteiger partial charge on any atom is 0.345 e. The predicted octanol–water partition coefficient (Wildman–Crippen LogP) is 2.54. The highest BCUT2D eigenvalue weighted by atomic mass is 32.1. The first kappa shape index (κ1) is 15.6. The number of anilines is 1. The number of nitrogens with one attached hydrogen (secondary N) is 1. The minimum absolute atomic E-state index is 0.0914. The number of carbonyl (C=O) groups is 2. The van der Waals surface area contributed by atoms with Crippen LogP contribution < -0.4 is 10.1 Å². The SMILES string of the molecule is CC(=O)Oc1cccc(C)c1C(=O)Nc1ncc([N+](=O)[O-])s1. The molecular formula is C13H11N3O5S. The van der Waals surface area contributed by atoms with E-state index in [1.165, 1.54) is 13.0 Å². The summed E-state index contributed by atoms with van der Waals surface area (Å²) < 4.78 is 5.00. The molecule has 1 aromatic carbocycles. The van der Waals surface area contributed by atoms with Crippen LogP contribution in [-0.4, -0.2) is 21.8 Å². The van der Waals surface area contributed by atoms with E-state index in [0.29, 0.717) is 5.56 Å². The minimum Gasteiger partial charge on any atom is -0.426 e. The monoisotopic (exact) mass is 321 g/mol. The molecule has 0 unspecified atom stereocenters. The summed E-state index contributed by atoms with van der Waals surface area (Å²) in [6.45, 7) is 2.92. The number of carbonyl (C=O) groups excluding carboxylic acids is 2. The van der Waals surface area contributed by atoms with Gasteiger partial charge in [-0.2, -0.15) is 0 Å². The van der Waals surface area contributed by atoms with E-state index in [9.17, 15) is 19.7 Å². The van der Waals surface area contributed by atoms with Gasteiger partial charge in [-0.05, 0) is 29.9 Å². The van der Waals surface area contributed by atoms with E-state index >= 15 is 0 Å². The Labute approximate surface area is 128 Å². The number of nitro groups is 1. The first-order chi connectivity index (χ1) is 10.4. The third-order valence-corrected chi connectivity index (χ3v) is 3.47. The van der Waals surface area contributed by atoms with Crippen molar-refractivity contribution >= 4 is 33.3 Å². The van der Waals surface area contributed by atoms with E-state index in [0.717, 1.165) is 17.5 Å². The molecule has 22 heavy (non-hydrogen) atoms. The lowest BCUT2D eigenvalue weighted by molar-refractivity contribution is -0.380. The van der Waals surface area contributed by atoms with Gasteiger partial charge < -0.3 is 4.74 Å². The molecule has 0 saturated carbocycles. The molecule has 0 radical (unpaired) electrons. The molecule has 2 rings (SSSR count). The van der Waals surface area contributed by atoms with Crippen LogP contribution in [-0.2, 0) is 4.79 Å². The molecule has 1 heterocycles. The standard InChI is InChI=1S/C13H11N3O5S/c1-7-4-3-5-9(21-8(2)17)11(7)12(18)15-13-14-6-10(22-13)16(19)20/h3-6H,1-2H3,(H,14,15,18). The lowest BCUT2D eigenvalue weighted by atomic mass is 10.1. The van der Waals surface area contributed by atoms with Crippen molar-refractivity contribution in [1.82, 2.24) is 4.98 Å². The molecule has 9 heteroatoms. The van der Waals surface area contributed by atoms with Gasteiger partial charge in [0.25, 0.3) is 5.91 Å². The average molecular weight is 321 g/mol. The number of esters is 1.